The minimum Gasteiger partial charge on any atom is -0.477 e. The molecule has 19 heavy (non-hydrogen) atoms. The van der Waals surface area contributed by atoms with E-state index in [-0.39, 0.29) is 5.41 Å². The van der Waals surface area contributed by atoms with Gasteiger partial charge in [-0.1, -0.05) is 20.8 Å². The molecule has 0 aliphatic rings. The van der Waals surface area contributed by atoms with E-state index in [1.807, 2.05) is 6.07 Å². The summed E-state index contributed by atoms with van der Waals surface area (Å²) in [5.74, 6) is 0.541. The van der Waals surface area contributed by atoms with Gasteiger partial charge in [0.05, 0.1) is 18.1 Å². The molecule has 0 atom stereocenters. The normalized spacial score (nSPS) is 11.9. The largest absolute Gasteiger partial charge is 0.477 e. The molecule has 98 valence electrons. The summed E-state index contributed by atoms with van der Waals surface area (Å²) in [4.78, 5) is 11.4. The lowest BCUT2D eigenvalue weighted by Gasteiger charge is -2.18. The Kier molecular flexibility index (Phi) is 3.52. The highest BCUT2D eigenvalue weighted by molar-refractivity contribution is 5.90. The van der Waals surface area contributed by atoms with E-state index in [1.165, 1.54) is 12.4 Å². The lowest BCUT2D eigenvalue weighted by Crippen LogP contribution is -2.17. The van der Waals surface area contributed by atoms with Crippen LogP contribution in [0.25, 0.3) is 17.1 Å². The summed E-state index contributed by atoms with van der Waals surface area (Å²) >= 11 is 0. The number of ether oxygens (including phenoxy) is 1. The number of nitriles is 1. The Labute approximate surface area is 111 Å². The van der Waals surface area contributed by atoms with Gasteiger partial charge in [0, 0.05) is 17.8 Å². The number of nitrogens with one attached hydrogen (secondary N) is 1. The van der Waals surface area contributed by atoms with E-state index in [0.717, 1.165) is 10.9 Å². The number of aromatic nitrogens is 3. The first kappa shape index (κ1) is 13.1. The minimum absolute atomic E-state index is 0.0518. The Morgan fingerprint density at radius 1 is 1.42 bits per heavy atom. The maximum atomic E-state index is 8.61. The summed E-state index contributed by atoms with van der Waals surface area (Å²) in [7, 11) is 0. The monoisotopic (exact) mass is 256 g/mol. The first-order chi connectivity index (χ1) is 9.01. The number of allylic oxidation sites excluding steroid dienone is 1. The fraction of sp³-hybridized carbons (Fsp3) is 0.357. The molecular formula is C14H16N4O. The molecule has 1 N–H and O–H groups in total. The summed E-state index contributed by atoms with van der Waals surface area (Å²) < 4.78 is 5.77. The van der Waals surface area contributed by atoms with Gasteiger partial charge in [-0.05, 0) is 11.5 Å². The number of hydrogen-bond donors (Lipinski definition) is 1. The van der Waals surface area contributed by atoms with Crippen molar-refractivity contribution >= 4 is 17.1 Å². The maximum absolute atomic E-state index is 8.61. The van der Waals surface area contributed by atoms with E-state index >= 15 is 0 Å². The van der Waals surface area contributed by atoms with E-state index in [1.54, 1.807) is 12.3 Å². The van der Waals surface area contributed by atoms with Crippen LogP contribution in [-0.4, -0.2) is 21.6 Å². The van der Waals surface area contributed by atoms with Crippen LogP contribution in [0.1, 0.15) is 26.3 Å². The molecule has 5 nitrogen and oxygen atoms in total. The van der Waals surface area contributed by atoms with Gasteiger partial charge in [-0.15, -0.1) is 0 Å². The van der Waals surface area contributed by atoms with Crippen LogP contribution in [0.15, 0.2) is 18.6 Å². The highest BCUT2D eigenvalue weighted by Gasteiger charge is 2.15. The Morgan fingerprint density at radius 2 is 2.21 bits per heavy atom. The third kappa shape index (κ3) is 3.10. The number of hydrogen-bond acceptors (Lipinski definition) is 4. The van der Waals surface area contributed by atoms with Crippen molar-refractivity contribution in [1.29, 1.82) is 5.26 Å². The van der Waals surface area contributed by atoms with Gasteiger partial charge >= 0.3 is 0 Å². The van der Waals surface area contributed by atoms with Crippen molar-refractivity contribution in [2.24, 2.45) is 5.41 Å². The summed E-state index contributed by atoms with van der Waals surface area (Å²) in [6.07, 6.45) is 6.39. The Morgan fingerprint density at radius 3 is 2.89 bits per heavy atom. The topological polar surface area (TPSA) is 74.6 Å². The first-order valence-corrected chi connectivity index (χ1v) is 6.02. The molecule has 2 heterocycles. The number of H-pyrrole nitrogens is 1. The molecule has 0 saturated heterocycles. The predicted octanol–water partition coefficient (Wildman–Crippen LogP) is 2.92. The van der Waals surface area contributed by atoms with Crippen LogP contribution < -0.4 is 4.74 Å². The van der Waals surface area contributed by atoms with Crippen LogP contribution in [0, 0.1) is 16.7 Å². The van der Waals surface area contributed by atoms with Crippen molar-refractivity contribution in [3.63, 3.8) is 0 Å². The quantitative estimate of drug-likeness (QED) is 0.857. The van der Waals surface area contributed by atoms with Crippen molar-refractivity contribution in [3.8, 4) is 11.9 Å². The summed E-state index contributed by atoms with van der Waals surface area (Å²) in [5, 5.41) is 9.41. The minimum atomic E-state index is 0.0518. The third-order valence-corrected chi connectivity index (χ3v) is 2.44. The Bertz CT molecular complexity index is 643. The van der Waals surface area contributed by atoms with E-state index in [9.17, 15) is 0 Å². The smallest absolute Gasteiger partial charge is 0.226 e. The summed E-state index contributed by atoms with van der Waals surface area (Å²) in [6, 6.07) is 1.97. The molecule has 0 aliphatic carbocycles. The zero-order valence-corrected chi connectivity index (χ0v) is 11.3. The fourth-order valence-electron chi connectivity index (χ4n) is 1.61. The van der Waals surface area contributed by atoms with E-state index < -0.39 is 0 Å². The molecule has 0 amide bonds. The second-order valence-electron chi connectivity index (χ2n) is 5.46. The average Bonchev–Trinajstić information content (AvgIpc) is 2.76. The SMILES string of the molecule is CC(C)(C)COc1ncnc2[nH]cc(/C=C/C#N)c12. The van der Waals surface area contributed by atoms with Gasteiger partial charge in [-0.3, -0.25) is 0 Å². The second-order valence-corrected chi connectivity index (χ2v) is 5.46. The molecule has 0 radical (unpaired) electrons. The molecule has 2 rings (SSSR count). The van der Waals surface area contributed by atoms with Crippen LogP contribution in [-0.2, 0) is 0 Å². The molecule has 0 unspecified atom stereocenters. The molecule has 0 spiro atoms. The number of nitrogens with zero attached hydrogens (tertiary/aromatic N) is 3. The van der Waals surface area contributed by atoms with E-state index in [2.05, 4.69) is 35.7 Å². The van der Waals surface area contributed by atoms with E-state index in [0.29, 0.717) is 18.1 Å². The molecule has 0 aromatic carbocycles. The van der Waals surface area contributed by atoms with Gasteiger partial charge in [0.15, 0.2) is 0 Å². The van der Waals surface area contributed by atoms with Crippen LogP contribution in [0.3, 0.4) is 0 Å². The lowest BCUT2D eigenvalue weighted by molar-refractivity contribution is 0.193. The van der Waals surface area contributed by atoms with Crippen LogP contribution in [0.4, 0.5) is 0 Å². The second kappa shape index (κ2) is 5.11. The Balaban J connectivity index is 2.40. The van der Waals surface area contributed by atoms with Crippen molar-refractivity contribution in [1.82, 2.24) is 15.0 Å². The molecule has 0 fully saturated rings. The average molecular weight is 256 g/mol. The molecule has 0 saturated carbocycles. The molecule has 5 heteroatoms. The summed E-state index contributed by atoms with van der Waals surface area (Å²) in [5.41, 5.74) is 1.61. The highest BCUT2D eigenvalue weighted by atomic mass is 16.5. The van der Waals surface area contributed by atoms with Crippen molar-refractivity contribution in [2.45, 2.75) is 20.8 Å². The first-order valence-electron chi connectivity index (χ1n) is 6.02. The van der Waals surface area contributed by atoms with Crippen molar-refractivity contribution < 1.29 is 4.74 Å². The van der Waals surface area contributed by atoms with Gasteiger partial charge in [0.2, 0.25) is 5.88 Å². The lowest BCUT2D eigenvalue weighted by atomic mass is 9.99. The van der Waals surface area contributed by atoms with Crippen molar-refractivity contribution in [2.75, 3.05) is 6.61 Å². The molecule has 2 aromatic heterocycles. The van der Waals surface area contributed by atoms with Crippen LogP contribution >= 0.6 is 0 Å². The maximum Gasteiger partial charge on any atom is 0.226 e. The third-order valence-electron chi connectivity index (χ3n) is 2.44. The Hall–Kier alpha value is -2.35. The van der Waals surface area contributed by atoms with Gasteiger partial charge in [-0.25, -0.2) is 9.97 Å². The number of fused-ring (bicyclic) bond motifs is 1. The van der Waals surface area contributed by atoms with Crippen molar-refractivity contribution in [3.05, 3.63) is 24.2 Å². The van der Waals surface area contributed by atoms with Gasteiger partial charge in [0.1, 0.15) is 12.0 Å². The zero-order valence-electron chi connectivity index (χ0n) is 11.3. The van der Waals surface area contributed by atoms with Gasteiger partial charge in [0.25, 0.3) is 0 Å². The molecular weight excluding hydrogens is 240 g/mol. The zero-order chi connectivity index (χ0) is 13.9. The molecule has 0 aliphatic heterocycles. The molecule has 2 aromatic rings. The highest BCUT2D eigenvalue weighted by Crippen LogP contribution is 2.27. The van der Waals surface area contributed by atoms with Gasteiger partial charge < -0.3 is 9.72 Å². The van der Waals surface area contributed by atoms with E-state index in [4.69, 9.17) is 10.00 Å². The summed E-state index contributed by atoms with van der Waals surface area (Å²) in [6.45, 7) is 6.85. The molecule has 0 bridgehead atoms. The van der Waals surface area contributed by atoms with Crippen LogP contribution in [0.5, 0.6) is 5.88 Å². The van der Waals surface area contributed by atoms with Crippen LogP contribution in [0.2, 0.25) is 0 Å². The predicted molar refractivity (Wildman–Crippen MR) is 73.5 cm³/mol. The van der Waals surface area contributed by atoms with Gasteiger partial charge in [-0.2, -0.15) is 5.26 Å². The number of rotatable bonds is 3. The standard InChI is InChI=1S/C14H16N4O/c1-14(2,3)8-19-13-11-10(5-4-6-15)7-16-12(11)17-9-18-13/h4-5,7,9H,8H2,1-3H3,(H,16,17,18)/b5-4+. The number of aromatic amines is 1. The fourth-order valence-corrected chi connectivity index (χ4v) is 1.61.